The minimum absolute atomic E-state index is 0.0651. The Hall–Kier alpha value is -1.73. The summed E-state index contributed by atoms with van der Waals surface area (Å²) in [7, 11) is 0. The van der Waals surface area contributed by atoms with Gasteiger partial charge in [0.2, 0.25) is 0 Å². The van der Waals surface area contributed by atoms with Gasteiger partial charge in [0.25, 0.3) is 5.69 Å². The van der Waals surface area contributed by atoms with Crippen molar-refractivity contribution in [2.45, 2.75) is 33.4 Å². The van der Waals surface area contributed by atoms with Gasteiger partial charge in [0, 0.05) is 33.9 Å². The Kier molecular flexibility index (Phi) is 4.43. The van der Waals surface area contributed by atoms with Gasteiger partial charge in [-0.25, -0.2) is 0 Å². The summed E-state index contributed by atoms with van der Waals surface area (Å²) in [5.74, 6) is 0. The second kappa shape index (κ2) is 5.95. The molecule has 6 nitrogen and oxygen atoms in total. The Labute approximate surface area is 131 Å². The lowest BCUT2D eigenvalue weighted by atomic mass is 10.1. The molecule has 0 radical (unpaired) electrons. The summed E-state index contributed by atoms with van der Waals surface area (Å²) in [4.78, 5) is 10.3. The van der Waals surface area contributed by atoms with Gasteiger partial charge in [0.15, 0.2) is 0 Å². The third-order valence-corrected chi connectivity index (χ3v) is 4.20. The Morgan fingerprint density at radius 2 is 2.14 bits per heavy atom. The summed E-state index contributed by atoms with van der Waals surface area (Å²) in [6.45, 7) is 6.40. The highest BCUT2D eigenvalue weighted by Crippen LogP contribution is 2.25. The quantitative estimate of drug-likeness (QED) is 0.675. The number of halogens is 1. The van der Waals surface area contributed by atoms with Gasteiger partial charge in [0.1, 0.15) is 0 Å². The fourth-order valence-electron chi connectivity index (χ4n) is 2.46. The number of nitro benzene ring substituents is 1. The van der Waals surface area contributed by atoms with Crippen LogP contribution in [0.4, 0.5) is 5.69 Å². The van der Waals surface area contributed by atoms with Gasteiger partial charge in [-0.15, -0.1) is 0 Å². The van der Waals surface area contributed by atoms with E-state index in [1.807, 2.05) is 25.5 Å². The SMILES string of the molecule is Cc1nn(Cc2ccc([N+](=O)[O-])cc2Br)c(C)c1C(C)N. The van der Waals surface area contributed by atoms with Crippen LogP contribution in [0.1, 0.15) is 35.5 Å². The topological polar surface area (TPSA) is 87.0 Å². The maximum absolute atomic E-state index is 10.8. The van der Waals surface area contributed by atoms with E-state index in [1.165, 1.54) is 12.1 Å². The molecular weight excluding hydrogens is 336 g/mol. The van der Waals surface area contributed by atoms with E-state index in [0.29, 0.717) is 11.0 Å². The first-order valence-corrected chi connectivity index (χ1v) is 7.33. The maximum Gasteiger partial charge on any atom is 0.270 e. The molecule has 21 heavy (non-hydrogen) atoms. The summed E-state index contributed by atoms with van der Waals surface area (Å²) >= 11 is 3.38. The summed E-state index contributed by atoms with van der Waals surface area (Å²) in [6, 6.07) is 4.68. The first-order valence-electron chi connectivity index (χ1n) is 6.53. The number of hydrogen-bond acceptors (Lipinski definition) is 4. The summed E-state index contributed by atoms with van der Waals surface area (Å²) < 4.78 is 2.58. The molecule has 112 valence electrons. The van der Waals surface area contributed by atoms with Crippen LogP contribution in [-0.4, -0.2) is 14.7 Å². The molecule has 2 aromatic rings. The molecule has 7 heteroatoms. The number of nitro groups is 1. The van der Waals surface area contributed by atoms with Gasteiger partial charge in [-0.05, 0) is 32.4 Å². The zero-order valence-corrected chi connectivity index (χ0v) is 13.7. The monoisotopic (exact) mass is 352 g/mol. The maximum atomic E-state index is 10.8. The zero-order valence-electron chi connectivity index (χ0n) is 12.1. The van der Waals surface area contributed by atoms with Crippen molar-refractivity contribution in [2.24, 2.45) is 5.73 Å². The van der Waals surface area contributed by atoms with Crippen molar-refractivity contribution in [3.8, 4) is 0 Å². The van der Waals surface area contributed by atoms with Crippen molar-refractivity contribution in [1.29, 1.82) is 0 Å². The Balaban J connectivity index is 2.35. The van der Waals surface area contributed by atoms with Crippen molar-refractivity contribution in [3.63, 3.8) is 0 Å². The Bertz CT molecular complexity index is 695. The molecule has 0 aliphatic heterocycles. The van der Waals surface area contributed by atoms with E-state index in [0.717, 1.165) is 22.5 Å². The molecule has 1 unspecified atom stereocenters. The molecule has 0 amide bonds. The van der Waals surface area contributed by atoms with Crippen molar-refractivity contribution in [1.82, 2.24) is 9.78 Å². The molecule has 1 aromatic heterocycles. The molecule has 0 fully saturated rings. The minimum atomic E-state index is -0.411. The third-order valence-electron chi connectivity index (χ3n) is 3.46. The highest BCUT2D eigenvalue weighted by molar-refractivity contribution is 9.10. The molecule has 2 N–H and O–H groups in total. The van der Waals surface area contributed by atoms with Crippen LogP contribution in [-0.2, 0) is 6.54 Å². The number of aromatic nitrogens is 2. The van der Waals surface area contributed by atoms with Crippen LogP contribution in [0.3, 0.4) is 0 Å². The van der Waals surface area contributed by atoms with Crippen molar-refractivity contribution in [2.75, 3.05) is 0 Å². The number of non-ortho nitro benzene ring substituents is 1. The average molecular weight is 353 g/mol. The van der Waals surface area contributed by atoms with Crippen molar-refractivity contribution < 1.29 is 4.92 Å². The summed E-state index contributed by atoms with van der Waals surface area (Å²) in [5, 5.41) is 15.3. The predicted octanol–water partition coefficient (Wildman–Crippen LogP) is 3.24. The molecule has 1 aromatic carbocycles. The van der Waals surface area contributed by atoms with Crippen molar-refractivity contribution in [3.05, 3.63) is 55.3 Å². The van der Waals surface area contributed by atoms with Crippen LogP contribution in [0.15, 0.2) is 22.7 Å². The highest BCUT2D eigenvalue weighted by atomic mass is 79.9. The average Bonchev–Trinajstić information content (AvgIpc) is 2.66. The van der Waals surface area contributed by atoms with Gasteiger partial charge in [-0.1, -0.05) is 15.9 Å². The second-order valence-electron chi connectivity index (χ2n) is 5.06. The van der Waals surface area contributed by atoms with Crippen LogP contribution in [0.2, 0.25) is 0 Å². The fourth-order valence-corrected chi connectivity index (χ4v) is 2.96. The van der Waals surface area contributed by atoms with Crippen LogP contribution >= 0.6 is 15.9 Å². The van der Waals surface area contributed by atoms with E-state index in [-0.39, 0.29) is 11.7 Å². The molecule has 1 atom stereocenters. The number of rotatable bonds is 4. The number of nitrogens with two attached hydrogens (primary N) is 1. The normalized spacial score (nSPS) is 12.4. The second-order valence-corrected chi connectivity index (χ2v) is 5.92. The lowest BCUT2D eigenvalue weighted by molar-refractivity contribution is -0.384. The van der Waals surface area contributed by atoms with Crippen LogP contribution in [0.25, 0.3) is 0 Å². The van der Waals surface area contributed by atoms with E-state index >= 15 is 0 Å². The molecule has 2 rings (SSSR count). The van der Waals surface area contributed by atoms with Crippen LogP contribution in [0.5, 0.6) is 0 Å². The van der Waals surface area contributed by atoms with Gasteiger partial charge in [-0.3, -0.25) is 14.8 Å². The van der Waals surface area contributed by atoms with Gasteiger partial charge >= 0.3 is 0 Å². The highest BCUT2D eigenvalue weighted by Gasteiger charge is 2.16. The minimum Gasteiger partial charge on any atom is -0.324 e. The molecule has 0 aliphatic carbocycles. The van der Waals surface area contributed by atoms with E-state index in [2.05, 4.69) is 21.0 Å². The summed E-state index contributed by atoms with van der Waals surface area (Å²) in [6.07, 6.45) is 0. The lowest BCUT2D eigenvalue weighted by Gasteiger charge is -2.09. The molecule has 1 heterocycles. The summed E-state index contributed by atoms with van der Waals surface area (Å²) in [5.41, 5.74) is 9.95. The van der Waals surface area contributed by atoms with E-state index in [9.17, 15) is 10.1 Å². The zero-order chi connectivity index (χ0) is 15.7. The number of aryl methyl sites for hydroxylation is 1. The van der Waals surface area contributed by atoms with Crippen molar-refractivity contribution >= 4 is 21.6 Å². The molecule has 0 saturated heterocycles. The van der Waals surface area contributed by atoms with Gasteiger partial charge in [-0.2, -0.15) is 5.10 Å². The first-order chi connectivity index (χ1) is 9.81. The van der Waals surface area contributed by atoms with Crippen LogP contribution < -0.4 is 5.73 Å². The predicted molar refractivity (Wildman–Crippen MR) is 84.2 cm³/mol. The molecule has 0 spiro atoms. The number of hydrogen-bond donors (Lipinski definition) is 1. The van der Waals surface area contributed by atoms with Gasteiger partial charge < -0.3 is 5.73 Å². The smallest absolute Gasteiger partial charge is 0.270 e. The van der Waals surface area contributed by atoms with E-state index in [4.69, 9.17) is 5.73 Å². The lowest BCUT2D eigenvalue weighted by Crippen LogP contribution is -2.09. The standard InChI is InChI=1S/C14H17BrN4O2/c1-8(16)14-9(2)17-18(10(14)3)7-11-4-5-12(19(20)21)6-13(11)15/h4-6,8H,7,16H2,1-3H3. The molecular formula is C14H17BrN4O2. The van der Waals surface area contributed by atoms with E-state index in [1.54, 1.807) is 6.07 Å². The van der Waals surface area contributed by atoms with Crippen LogP contribution in [0, 0.1) is 24.0 Å². The fraction of sp³-hybridized carbons (Fsp3) is 0.357. The number of benzene rings is 1. The molecule has 0 aliphatic rings. The Morgan fingerprint density at radius 3 is 2.62 bits per heavy atom. The Morgan fingerprint density at radius 1 is 1.48 bits per heavy atom. The third kappa shape index (κ3) is 3.14. The first kappa shape index (κ1) is 15.7. The number of nitrogens with zero attached hydrogens (tertiary/aromatic N) is 3. The van der Waals surface area contributed by atoms with Gasteiger partial charge in [0.05, 0.1) is 17.2 Å². The molecule has 0 saturated carbocycles. The van der Waals surface area contributed by atoms with E-state index < -0.39 is 4.92 Å². The molecule has 0 bridgehead atoms. The largest absolute Gasteiger partial charge is 0.324 e.